The van der Waals surface area contributed by atoms with E-state index >= 15 is 0 Å². The molecule has 0 N–H and O–H groups in total. The third kappa shape index (κ3) is 5.43. The van der Waals surface area contributed by atoms with Gasteiger partial charge in [-0.25, -0.2) is 0 Å². The molecular formula is C14H27NOS. The van der Waals surface area contributed by atoms with Gasteiger partial charge in [0.1, 0.15) is 5.78 Å². The molecule has 2 unspecified atom stereocenters. The molecule has 0 saturated heterocycles. The molecule has 2 atom stereocenters. The smallest absolute Gasteiger partial charge is 0.137 e. The topological polar surface area (TPSA) is 20.3 Å². The van der Waals surface area contributed by atoms with Gasteiger partial charge in [0.25, 0.3) is 0 Å². The minimum absolute atomic E-state index is 0.305. The highest BCUT2D eigenvalue weighted by Gasteiger charge is 2.23. The van der Waals surface area contributed by atoms with Gasteiger partial charge in [-0.1, -0.05) is 12.8 Å². The van der Waals surface area contributed by atoms with Crippen molar-refractivity contribution in [2.45, 2.75) is 51.5 Å². The van der Waals surface area contributed by atoms with Crippen LogP contribution in [0.15, 0.2) is 0 Å². The number of carbonyl (C=O) groups is 1. The first-order chi connectivity index (χ1) is 8.15. The average Bonchev–Trinajstić information content (AvgIpc) is 2.52. The van der Waals surface area contributed by atoms with Crippen LogP contribution < -0.4 is 0 Å². The van der Waals surface area contributed by atoms with E-state index in [1.807, 2.05) is 11.8 Å². The molecule has 0 bridgehead atoms. The van der Waals surface area contributed by atoms with Crippen molar-refractivity contribution in [3.05, 3.63) is 0 Å². The van der Waals surface area contributed by atoms with Crippen LogP contribution in [0.2, 0.25) is 0 Å². The highest BCUT2D eigenvalue weighted by atomic mass is 32.2. The number of rotatable bonds is 6. The third-order valence-corrected chi connectivity index (χ3v) is 4.58. The molecule has 1 aliphatic rings. The van der Waals surface area contributed by atoms with Crippen molar-refractivity contribution >= 4 is 17.5 Å². The van der Waals surface area contributed by atoms with Crippen molar-refractivity contribution in [2.75, 3.05) is 25.6 Å². The molecule has 0 aromatic rings. The number of hydrogen-bond donors (Lipinski definition) is 0. The molecule has 3 heteroatoms. The van der Waals surface area contributed by atoms with E-state index in [0.29, 0.717) is 17.7 Å². The molecule has 1 rings (SSSR count). The Morgan fingerprint density at radius 2 is 2.18 bits per heavy atom. The van der Waals surface area contributed by atoms with Crippen molar-refractivity contribution in [1.29, 1.82) is 0 Å². The molecule has 0 aromatic heterocycles. The zero-order valence-electron chi connectivity index (χ0n) is 11.6. The Morgan fingerprint density at radius 3 is 2.88 bits per heavy atom. The summed E-state index contributed by atoms with van der Waals surface area (Å²) in [6.07, 6.45) is 8.90. The lowest BCUT2D eigenvalue weighted by Gasteiger charge is -2.28. The number of Topliss-reactive ketones (excluding diaryl/α,β-unsaturated/α-hetero) is 1. The molecule has 1 saturated carbocycles. The van der Waals surface area contributed by atoms with E-state index in [2.05, 4.69) is 25.1 Å². The fraction of sp³-hybridized carbons (Fsp3) is 0.929. The summed E-state index contributed by atoms with van der Waals surface area (Å²) in [7, 11) is 2.17. The van der Waals surface area contributed by atoms with Gasteiger partial charge < -0.3 is 4.90 Å². The van der Waals surface area contributed by atoms with Gasteiger partial charge in [0.2, 0.25) is 0 Å². The predicted octanol–water partition coefficient (Wildman–Crippen LogP) is 3.21. The first-order valence-electron chi connectivity index (χ1n) is 6.87. The largest absolute Gasteiger partial charge is 0.303 e. The van der Waals surface area contributed by atoms with Gasteiger partial charge in [-0.05, 0) is 45.2 Å². The minimum Gasteiger partial charge on any atom is -0.303 e. The highest BCUT2D eigenvalue weighted by Crippen LogP contribution is 2.21. The Hall–Kier alpha value is -0.0200. The first-order valence-corrected chi connectivity index (χ1v) is 8.26. The second-order valence-corrected chi connectivity index (χ2v) is 6.32. The quantitative estimate of drug-likeness (QED) is 0.682. The molecule has 0 amide bonds. The lowest BCUT2D eigenvalue weighted by atomic mass is 9.98. The van der Waals surface area contributed by atoms with Gasteiger partial charge in [-0.15, -0.1) is 0 Å². The second kappa shape index (κ2) is 8.15. The molecule has 1 fully saturated rings. The maximum absolute atomic E-state index is 12.0. The van der Waals surface area contributed by atoms with Crippen LogP contribution in [0.1, 0.15) is 45.4 Å². The Bertz CT molecular complexity index is 232. The van der Waals surface area contributed by atoms with E-state index in [0.717, 1.165) is 25.8 Å². The van der Waals surface area contributed by atoms with E-state index < -0.39 is 0 Å². The second-order valence-electron chi connectivity index (χ2n) is 5.33. The Labute approximate surface area is 111 Å². The number of hydrogen-bond acceptors (Lipinski definition) is 3. The Balaban J connectivity index is 2.37. The van der Waals surface area contributed by atoms with Crippen LogP contribution in [0.3, 0.4) is 0 Å². The number of carbonyl (C=O) groups excluding carboxylic acids is 1. The maximum Gasteiger partial charge on any atom is 0.137 e. The van der Waals surface area contributed by atoms with Crippen LogP contribution in [-0.2, 0) is 4.79 Å². The molecule has 0 aromatic carbocycles. The summed E-state index contributed by atoms with van der Waals surface area (Å²) in [5, 5.41) is 0. The van der Waals surface area contributed by atoms with Crippen molar-refractivity contribution < 1.29 is 4.79 Å². The van der Waals surface area contributed by atoms with E-state index in [1.165, 1.54) is 25.0 Å². The van der Waals surface area contributed by atoms with Gasteiger partial charge in [-0.2, -0.15) is 11.8 Å². The van der Waals surface area contributed by atoms with E-state index in [-0.39, 0.29) is 0 Å². The summed E-state index contributed by atoms with van der Waals surface area (Å²) in [5.41, 5.74) is 0. The average molecular weight is 257 g/mol. The Morgan fingerprint density at radius 1 is 1.41 bits per heavy atom. The normalized spacial score (nSPS) is 23.8. The molecule has 1 aliphatic carbocycles. The maximum atomic E-state index is 12.0. The molecule has 2 nitrogen and oxygen atoms in total. The Kier molecular flexibility index (Phi) is 7.21. The molecule has 0 radical (unpaired) electrons. The molecule has 17 heavy (non-hydrogen) atoms. The van der Waals surface area contributed by atoms with Gasteiger partial charge in [0.15, 0.2) is 0 Å². The molecule has 0 heterocycles. The number of nitrogens with zero attached hydrogens (tertiary/aromatic N) is 1. The van der Waals surface area contributed by atoms with Gasteiger partial charge >= 0.3 is 0 Å². The van der Waals surface area contributed by atoms with E-state index in [4.69, 9.17) is 0 Å². The van der Waals surface area contributed by atoms with Crippen molar-refractivity contribution in [1.82, 2.24) is 4.90 Å². The molecule has 100 valence electrons. The molecular weight excluding hydrogens is 230 g/mol. The fourth-order valence-electron chi connectivity index (χ4n) is 2.46. The fourth-order valence-corrected chi connectivity index (χ4v) is 3.04. The summed E-state index contributed by atoms with van der Waals surface area (Å²) in [6.45, 7) is 3.24. The highest BCUT2D eigenvalue weighted by molar-refractivity contribution is 7.98. The summed E-state index contributed by atoms with van der Waals surface area (Å²) in [6, 6.07) is 0.596. The van der Waals surface area contributed by atoms with Gasteiger partial charge in [0.05, 0.1) is 0 Å². The van der Waals surface area contributed by atoms with Gasteiger partial charge in [0, 0.05) is 24.9 Å². The first kappa shape index (κ1) is 15.0. The SMILES string of the molecule is CSCCC(C)N(C)CC1CCCCCC1=O. The zero-order chi connectivity index (χ0) is 12.7. The standard InChI is InChI=1S/C14H27NOS/c1-12(9-10-17-3)15(2)11-13-7-5-4-6-8-14(13)16/h12-13H,4-11H2,1-3H3. The molecule has 0 aliphatic heterocycles. The summed E-state index contributed by atoms with van der Waals surface area (Å²) in [4.78, 5) is 14.3. The van der Waals surface area contributed by atoms with Crippen LogP contribution in [0.25, 0.3) is 0 Å². The predicted molar refractivity (Wildman–Crippen MR) is 76.7 cm³/mol. The molecule has 0 spiro atoms. The van der Waals surface area contributed by atoms with Crippen molar-refractivity contribution in [3.8, 4) is 0 Å². The van der Waals surface area contributed by atoms with Crippen LogP contribution >= 0.6 is 11.8 Å². The van der Waals surface area contributed by atoms with Gasteiger partial charge in [-0.3, -0.25) is 4.79 Å². The lowest BCUT2D eigenvalue weighted by molar-refractivity contribution is -0.123. The van der Waals surface area contributed by atoms with Crippen LogP contribution in [-0.4, -0.2) is 42.3 Å². The monoisotopic (exact) mass is 257 g/mol. The number of ketones is 1. The summed E-state index contributed by atoms with van der Waals surface area (Å²) in [5.74, 6) is 2.02. The summed E-state index contributed by atoms with van der Waals surface area (Å²) >= 11 is 1.90. The van der Waals surface area contributed by atoms with E-state index in [1.54, 1.807) is 0 Å². The lowest BCUT2D eigenvalue weighted by Crippen LogP contribution is -2.36. The van der Waals surface area contributed by atoms with Crippen LogP contribution in [0.4, 0.5) is 0 Å². The van der Waals surface area contributed by atoms with Crippen LogP contribution in [0.5, 0.6) is 0 Å². The summed E-state index contributed by atoms with van der Waals surface area (Å²) < 4.78 is 0. The number of thioether (sulfide) groups is 1. The van der Waals surface area contributed by atoms with E-state index in [9.17, 15) is 4.79 Å². The zero-order valence-corrected chi connectivity index (χ0v) is 12.4. The minimum atomic E-state index is 0.305. The van der Waals surface area contributed by atoms with Crippen molar-refractivity contribution in [2.24, 2.45) is 5.92 Å². The third-order valence-electron chi connectivity index (χ3n) is 3.93. The van der Waals surface area contributed by atoms with Crippen molar-refractivity contribution in [3.63, 3.8) is 0 Å². The van der Waals surface area contributed by atoms with Crippen LogP contribution in [0, 0.1) is 5.92 Å².